The SMILES string of the molecule is COc1ccc(NC(=O)CCNc2c(C)cc(C)cc2C)cc1OC. The van der Waals surface area contributed by atoms with E-state index in [2.05, 4.69) is 43.5 Å². The number of amides is 1. The van der Waals surface area contributed by atoms with Crippen LogP contribution in [0.4, 0.5) is 11.4 Å². The van der Waals surface area contributed by atoms with Crippen molar-refractivity contribution in [2.24, 2.45) is 0 Å². The normalized spacial score (nSPS) is 10.3. The van der Waals surface area contributed by atoms with Crippen molar-refractivity contribution in [1.82, 2.24) is 0 Å². The number of benzene rings is 2. The molecule has 0 aromatic heterocycles. The molecule has 0 saturated carbocycles. The monoisotopic (exact) mass is 342 g/mol. The number of anilines is 2. The van der Waals surface area contributed by atoms with Crippen molar-refractivity contribution in [3.05, 3.63) is 47.0 Å². The fraction of sp³-hybridized carbons (Fsp3) is 0.350. The molecule has 2 aromatic rings. The zero-order chi connectivity index (χ0) is 18.4. The second-order valence-corrected chi connectivity index (χ2v) is 6.07. The van der Waals surface area contributed by atoms with Gasteiger partial charge in [-0.3, -0.25) is 4.79 Å². The number of rotatable bonds is 7. The molecule has 0 aliphatic carbocycles. The van der Waals surface area contributed by atoms with Crippen LogP contribution in [0.5, 0.6) is 11.5 Å². The number of nitrogens with one attached hydrogen (secondary N) is 2. The molecule has 5 heteroatoms. The van der Waals surface area contributed by atoms with Gasteiger partial charge in [0.25, 0.3) is 0 Å². The topological polar surface area (TPSA) is 59.6 Å². The van der Waals surface area contributed by atoms with Crippen LogP contribution in [0.25, 0.3) is 0 Å². The van der Waals surface area contributed by atoms with Gasteiger partial charge in [-0.05, 0) is 44.0 Å². The van der Waals surface area contributed by atoms with Gasteiger partial charge in [0.2, 0.25) is 5.91 Å². The molecule has 0 fully saturated rings. The van der Waals surface area contributed by atoms with Crippen LogP contribution in [0.15, 0.2) is 30.3 Å². The van der Waals surface area contributed by atoms with E-state index in [-0.39, 0.29) is 5.91 Å². The summed E-state index contributed by atoms with van der Waals surface area (Å²) in [6.07, 6.45) is 0.376. The molecule has 0 aliphatic rings. The minimum absolute atomic E-state index is 0.0536. The molecule has 2 aromatic carbocycles. The predicted molar refractivity (Wildman–Crippen MR) is 102 cm³/mol. The Kier molecular flexibility index (Phi) is 6.28. The van der Waals surface area contributed by atoms with Gasteiger partial charge in [-0.1, -0.05) is 17.7 Å². The van der Waals surface area contributed by atoms with E-state index in [1.54, 1.807) is 32.4 Å². The predicted octanol–water partition coefficient (Wildman–Crippen LogP) is 4.07. The van der Waals surface area contributed by atoms with Crippen molar-refractivity contribution in [2.45, 2.75) is 27.2 Å². The van der Waals surface area contributed by atoms with Crippen LogP contribution >= 0.6 is 0 Å². The summed E-state index contributed by atoms with van der Waals surface area (Å²) in [6, 6.07) is 9.59. The van der Waals surface area contributed by atoms with Crippen LogP contribution in [0, 0.1) is 20.8 Å². The fourth-order valence-electron chi connectivity index (χ4n) is 2.90. The maximum absolute atomic E-state index is 12.2. The summed E-state index contributed by atoms with van der Waals surface area (Å²) in [7, 11) is 3.15. The van der Waals surface area contributed by atoms with Gasteiger partial charge in [0, 0.05) is 30.4 Å². The number of methoxy groups -OCH3 is 2. The first-order valence-corrected chi connectivity index (χ1v) is 8.28. The number of aryl methyl sites for hydroxylation is 3. The molecule has 2 rings (SSSR count). The van der Waals surface area contributed by atoms with Crippen molar-refractivity contribution in [2.75, 3.05) is 31.4 Å². The Balaban J connectivity index is 1.91. The zero-order valence-corrected chi connectivity index (χ0v) is 15.5. The summed E-state index contributed by atoms with van der Waals surface area (Å²) in [5.74, 6) is 1.17. The van der Waals surface area contributed by atoms with Crippen molar-refractivity contribution in [1.29, 1.82) is 0 Å². The molecule has 0 unspecified atom stereocenters. The van der Waals surface area contributed by atoms with Gasteiger partial charge in [0.05, 0.1) is 14.2 Å². The summed E-state index contributed by atoms with van der Waals surface area (Å²) < 4.78 is 10.4. The molecule has 2 N–H and O–H groups in total. The van der Waals surface area contributed by atoms with Crippen LogP contribution in [-0.4, -0.2) is 26.7 Å². The third kappa shape index (κ3) is 4.89. The number of hydrogen-bond donors (Lipinski definition) is 2. The molecule has 0 atom stereocenters. The van der Waals surface area contributed by atoms with Gasteiger partial charge >= 0.3 is 0 Å². The Hall–Kier alpha value is -2.69. The number of carbonyl (C=O) groups is 1. The van der Waals surface area contributed by atoms with Crippen LogP contribution in [-0.2, 0) is 4.79 Å². The highest BCUT2D eigenvalue weighted by Crippen LogP contribution is 2.29. The first-order valence-electron chi connectivity index (χ1n) is 8.28. The van der Waals surface area contributed by atoms with Gasteiger partial charge in [0.1, 0.15) is 0 Å². The Morgan fingerprint density at radius 1 is 0.960 bits per heavy atom. The second kappa shape index (κ2) is 8.42. The van der Waals surface area contributed by atoms with Crippen LogP contribution < -0.4 is 20.1 Å². The number of hydrogen-bond acceptors (Lipinski definition) is 4. The third-order valence-electron chi connectivity index (χ3n) is 4.00. The maximum atomic E-state index is 12.2. The number of ether oxygens (including phenoxy) is 2. The molecule has 0 bridgehead atoms. The van der Waals surface area contributed by atoms with Crippen LogP contribution in [0.1, 0.15) is 23.1 Å². The summed E-state index contributed by atoms with van der Waals surface area (Å²) in [4.78, 5) is 12.2. The van der Waals surface area contributed by atoms with E-state index in [1.807, 2.05) is 0 Å². The lowest BCUT2D eigenvalue weighted by Gasteiger charge is -2.14. The van der Waals surface area contributed by atoms with E-state index in [9.17, 15) is 4.79 Å². The first-order chi connectivity index (χ1) is 11.9. The highest BCUT2D eigenvalue weighted by atomic mass is 16.5. The molecule has 1 amide bonds. The van der Waals surface area contributed by atoms with Gasteiger partial charge in [-0.25, -0.2) is 0 Å². The van der Waals surface area contributed by atoms with E-state index in [1.165, 1.54) is 16.7 Å². The smallest absolute Gasteiger partial charge is 0.226 e. The fourth-order valence-corrected chi connectivity index (χ4v) is 2.90. The Morgan fingerprint density at radius 3 is 2.20 bits per heavy atom. The Labute approximate surface area is 149 Å². The lowest BCUT2D eigenvalue weighted by molar-refractivity contribution is -0.115. The van der Waals surface area contributed by atoms with Gasteiger partial charge in [-0.2, -0.15) is 0 Å². The van der Waals surface area contributed by atoms with Gasteiger partial charge in [0.15, 0.2) is 11.5 Å². The minimum atomic E-state index is -0.0536. The van der Waals surface area contributed by atoms with E-state index in [4.69, 9.17) is 9.47 Å². The minimum Gasteiger partial charge on any atom is -0.493 e. The lowest BCUT2D eigenvalue weighted by Crippen LogP contribution is -2.17. The highest BCUT2D eigenvalue weighted by Gasteiger charge is 2.08. The molecule has 0 aliphatic heterocycles. The van der Waals surface area contributed by atoms with Crippen molar-refractivity contribution in [3.8, 4) is 11.5 Å². The van der Waals surface area contributed by atoms with Crippen LogP contribution in [0.2, 0.25) is 0 Å². The number of carbonyl (C=O) groups excluding carboxylic acids is 1. The summed E-state index contributed by atoms with van der Waals surface area (Å²) >= 11 is 0. The van der Waals surface area contributed by atoms with E-state index in [0.717, 1.165) is 5.69 Å². The van der Waals surface area contributed by atoms with E-state index < -0.39 is 0 Å². The molecule has 0 heterocycles. The average Bonchev–Trinajstić information content (AvgIpc) is 2.57. The quantitative estimate of drug-likeness (QED) is 0.796. The Morgan fingerprint density at radius 2 is 1.60 bits per heavy atom. The maximum Gasteiger partial charge on any atom is 0.226 e. The first kappa shape index (κ1) is 18.6. The summed E-state index contributed by atoms with van der Waals surface area (Å²) in [6.45, 7) is 6.81. The lowest BCUT2D eigenvalue weighted by atomic mass is 10.1. The van der Waals surface area contributed by atoms with E-state index >= 15 is 0 Å². The molecular formula is C20H26N2O3. The molecular weight excluding hydrogens is 316 g/mol. The van der Waals surface area contributed by atoms with Crippen molar-refractivity contribution >= 4 is 17.3 Å². The summed E-state index contributed by atoms with van der Waals surface area (Å²) in [5, 5.41) is 6.24. The van der Waals surface area contributed by atoms with Gasteiger partial charge < -0.3 is 20.1 Å². The van der Waals surface area contributed by atoms with E-state index in [0.29, 0.717) is 30.2 Å². The highest BCUT2D eigenvalue weighted by molar-refractivity contribution is 5.91. The molecule has 5 nitrogen and oxygen atoms in total. The largest absolute Gasteiger partial charge is 0.493 e. The third-order valence-corrected chi connectivity index (χ3v) is 4.00. The molecule has 25 heavy (non-hydrogen) atoms. The zero-order valence-electron chi connectivity index (χ0n) is 15.5. The van der Waals surface area contributed by atoms with Crippen molar-refractivity contribution in [3.63, 3.8) is 0 Å². The van der Waals surface area contributed by atoms with Crippen molar-refractivity contribution < 1.29 is 14.3 Å². The molecule has 0 saturated heterocycles. The standard InChI is InChI=1S/C20H26N2O3/c1-13-10-14(2)20(15(3)11-13)21-9-8-19(23)22-16-6-7-17(24-4)18(12-16)25-5/h6-7,10-12,21H,8-9H2,1-5H3,(H,22,23). The molecule has 134 valence electrons. The summed E-state index contributed by atoms with van der Waals surface area (Å²) in [5.41, 5.74) is 5.41. The average molecular weight is 342 g/mol. The Bertz CT molecular complexity index is 734. The molecule has 0 radical (unpaired) electrons. The van der Waals surface area contributed by atoms with Crippen LogP contribution in [0.3, 0.4) is 0 Å². The second-order valence-electron chi connectivity index (χ2n) is 6.07. The van der Waals surface area contributed by atoms with Gasteiger partial charge in [-0.15, -0.1) is 0 Å². The molecule has 0 spiro atoms.